The van der Waals surface area contributed by atoms with Gasteiger partial charge in [-0.3, -0.25) is 4.79 Å². The second-order valence-corrected chi connectivity index (χ2v) is 5.04. The van der Waals surface area contributed by atoms with Crippen LogP contribution >= 0.6 is 0 Å². The van der Waals surface area contributed by atoms with E-state index in [9.17, 15) is 4.79 Å². The number of carbonyl (C=O) groups is 1. The molecule has 1 rings (SSSR count). The molecule has 0 amide bonds. The van der Waals surface area contributed by atoms with Crippen molar-refractivity contribution in [1.29, 1.82) is 0 Å². The molecule has 3 atom stereocenters. The summed E-state index contributed by atoms with van der Waals surface area (Å²) in [7, 11) is 0. The molecule has 0 aromatic rings. The molecule has 0 unspecified atom stereocenters. The van der Waals surface area contributed by atoms with E-state index in [4.69, 9.17) is 14.2 Å². The maximum Gasteiger partial charge on any atom is 0.323 e. The maximum absolute atomic E-state index is 12.2. The Morgan fingerprint density at radius 3 is 2.80 bits per heavy atom. The topological polar surface area (TPSA) is 56.8 Å². The Morgan fingerprint density at radius 2 is 2.15 bits per heavy atom. The van der Waals surface area contributed by atoms with Crippen LogP contribution in [0.2, 0.25) is 0 Å². The molecule has 20 heavy (non-hydrogen) atoms. The van der Waals surface area contributed by atoms with Crippen LogP contribution in [0.3, 0.4) is 0 Å². The normalized spacial score (nSPS) is 24.4. The molecular formula is C15H29NO4. The Hall–Kier alpha value is -0.650. The summed E-state index contributed by atoms with van der Waals surface area (Å²) in [5.74, 6) is -0.164. The molecule has 1 N–H and O–H groups in total. The highest BCUT2D eigenvalue weighted by molar-refractivity contribution is 5.76. The molecule has 118 valence electrons. The van der Waals surface area contributed by atoms with Gasteiger partial charge in [0.2, 0.25) is 0 Å². The van der Waals surface area contributed by atoms with Gasteiger partial charge in [0.25, 0.3) is 0 Å². The Morgan fingerprint density at radius 1 is 1.35 bits per heavy atom. The van der Waals surface area contributed by atoms with Crippen molar-refractivity contribution in [2.75, 3.05) is 26.4 Å². The predicted molar refractivity (Wildman–Crippen MR) is 77.4 cm³/mol. The summed E-state index contributed by atoms with van der Waals surface area (Å²) >= 11 is 0. The second-order valence-electron chi connectivity index (χ2n) is 5.04. The van der Waals surface area contributed by atoms with Crippen molar-refractivity contribution in [2.24, 2.45) is 5.92 Å². The van der Waals surface area contributed by atoms with E-state index >= 15 is 0 Å². The zero-order valence-corrected chi connectivity index (χ0v) is 13.0. The van der Waals surface area contributed by atoms with Crippen LogP contribution in [0.5, 0.6) is 0 Å². The van der Waals surface area contributed by atoms with Crippen molar-refractivity contribution < 1.29 is 19.0 Å². The molecule has 0 bridgehead atoms. The summed E-state index contributed by atoms with van der Waals surface area (Å²) in [5.41, 5.74) is 0. The average molecular weight is 287 g/mol. The number of esters is 1. The van der Waals surface area contributed by atoms with Crippen molar-refractivity contribution in [3.63, 3.8) is 0 Å². The van der Waals surface area contributed by atoms with Crippen LogP contribution in [0.1, 0.15) is 46.5 Å². The van der Waals surface area contributed by atoms with Gasteiger partial charge < -0.3 is 19.5 Å². The summed E-state index contributed by atoms with van der Waals surface area (Å²) in [6, 6.07) is -0.335. The molecule has 1 saturated heterocycles. The number of ether oxygens (including phenoxy) is 3. The molecule has 0 aromatic heterocycles. The van der Waals surface area contributed by atoms with E-state index in [1.54, 1.807) is 0 Å². The first kappa shape index (κ1) is 17.4. The number of carbonyl (C=O) groups excluding carboxylic acids is 1. The van der Waals surface area contributed by atoms with Gasteiger partial charge in [0, 0.05) is 19.1 Å². The largest absolute Gasteiger partial charge is 0.465 e. The number of unbranched alkanes of at least 4 members (excludes halogenated alkanes) is 1. The molecule has 0 aliphatic carbocycles. The molecule has 0 aromatic carbocycles. The third kappa shape index (κ3) is 5.38. The first-order chi connectivity index (χ1) is 9.74. The van der Waals surface area contributed by atoms with Crippen molar-refractivity contribution in [2.45, 2.75) is 58.8 Å². The van der Waals surface area contributed by atoms with Crippen molar-refractivity contribution in [3.8, 4) is 0 Å². The van der Waals surface area contributed by atoms with Gasteiger partial charge in [-0.05, 0) is 39.7 Å². The monoisotopic (exact) mass is 287 g/mol. The molecule has 1 fully saturated rings. The first-order valence-electron chi connectivity index (χ1n) is 7.87. The maximum atomic E-state index is 12.2. The van der Waals surface area contributed by atoms with E-state index in [2.05, 4.69) is 12.2 Å². The van der Waals surface area contributed by atoms with E-state index in [0.29, 0.717) is 19.8 Å². The third-order valence-corrected chi connectivity index (χ3v) is 3.51. The van der Waals surface area contributed by atoms with Gasteiger partial charge in [-0.15, -0.1) is 0 Å². The molecule has 1 aliphatic heterocycles. The quantitative estimate of drug-likeness (QED) is 0.520. The summed E-state index contributed by atoms with van der Waals surface area (Å²) in [6.45, 7) is 8.41. The lowest BCUT2D eigenvalue weighted by atomic mass is 9.91. The molecular weight excluding hydrogens is 258 g/mol. The van der Waals surface area contributed by atoms with Gasteiger partial charge in [0.05, 0.1) is 6.61 Å². The van der Waals surface area contributed by atoms with Gasteiger partial charge in [0.15, 0.2) is 6.29 Å². The lowest BCUT2D eigenvalue weighted by Gasteiger charge is -2.35. The predicted octanol–water partition coefficient (Wildman–Crippen LogP) is 2.10. The van der Waals surface area contributed by atoms with Crippen LogP contribution in [0.25, 0.3) is 0 Å². The van der Waals surface area contributed by atoms with E-state index < -0.39 is 0 Å². The summed E-state index contributed by atoms with van der Waals surface area (Å²) in [5, 5.41) is 3.33. The highest BCUT2D eigenvalue weighted by Gasteiger charge is 2.37. The summed E-state index contributed by atoms with van der Waals surface area (Å²) in [6.07, 6.45) is 3.71. The number of nitrogens with one attached hydrogen (secondary N) is 1. The van der Waals surface area contributed by atoms with Crippen molar-refractivity contribution in [3.05, 3.63) is 0 Å². The lowest BCUT2D eigenvalue weighted by molar-refractivity contribution is -0.201. The fourth-order valence-electron chi connectivity index (χ4n) is 2.51. The average Bonchev–Trinajstić information content (AvgIpc) is 2.45. The minimum absolute atomic E-state index is 0.0274. The number of hydrogen-bond acceptors (Lipinski definition) is 5. The van der Waals surface area contributed by atoms with E-state index in [-0.39, 0.29) is 24.2 Å². The van der Waals surface area contributed by atoms with Crippen LogP contribution in [-0.4, -0.2) is 44.7 Å². The minimum Gasteiger partial charge on any atom is -0.465 e. The Bertz CT molecular complexity index is 271. The smallest absolute Gasteiger partial charge is 0.323 e. The summed E-state index contributed by atoms with van der Waals surface area (Å²) < 4.78 is 16.5. The fraction of sp³-hybridized carbons (Fsp3) is 0.933. The first-order valence-corrected chi connectivity index (χ1v) is 7.87. The van der Waals surface area contributed by atoms with Gasteiger partial charge in [-0.1, -0.05) is 13.3 Å². The van der Waals surface area contributed by atoms with Crippen molar-refractivity contribution >= 4 is 5.97 Å². The van der Waals surface area contributed by atoms with Crippen LogP contribution in [-0.2, 0) is 19.0 Å². The Kier molecular flexibility index (Phi) is 8.82. The highest BCUT2D eigenvalue weighted by Crippen LogP contribution is 2.26. The zero-order chi connectivity index (χ0) is 14.8. The van der Waals surface area contributed by atoms with Crippen LogP contribution in [0.15, 0.2) is 0 Å². The van der Waals surface area contributed by atoms with Gasteiger partial charge in [0.1, 0.15) is 6.04 Å². The van der Waals surface area contributed by atoms with Crippen LogP contribution < -0.4 is 5.32 Å². The summed E-state index contributed by atoms with van der Waals surface area (Å²) in [4.78, 5) is 12.2. The SMILES string of the molecule is CCCCN[C@@H](C(=O)OCC)[C@@H]1CCCO[C@H]1OCC. The molecule has 0 radical (unpaired) electrons. The van der Waals surface area contributed by atoms with E-state index in [1.807, 2.05) is 13.8 Å². The van der Waals surface area contributed by atoms with E-state index in [1.165, 1.54) is 0 Å². The lowest BCUT2D eigenvalue weighted by Crippen LogP contribution is -2.51. The standard InChI is InChI=1S/C15H29NO4/c1-4-7-10-16-13(14(17)18-5-2)12-9-8-11-20-15(12)19-6-3/h12-13,15-16H,4-11H2,1-3H3/t12-,13+,15+/m0/s1. The van der Waals surface area contributed by atoms with Gasteiger partial charge in [-0.25, -0.2) is 0 Å². The molecule has 5 heteroatoms. The number of hydrogen-bond donors (Lipinski definition) is 1. The zero-order valence-electron chi connectivity index (χ0n) is 13.0. The molecule has 5 nitrogen and oxygen atoms in total. The Balaban J connectivity index is 2.68. The Labute approximate surface area is 122 Å². The van der Waals surface area contributed by atoms with Gasteiger partial charge >= 0.3 is 5.97 Å². The molecule has 0 spiro atoms. The van der Waals surface area contributed by atoms with E-state index in [0.717, 1.165) is 32.2 Å². The fourth-order valence-corrected chi connectivity index (χ4v) is 2.51. The molecule has 1 heterocycles. The number of rotatable bonds is 9. The highest BCUT2D eigenvalue weighted by atomic mass is 16.7. The molecule has 1 aliphatic rings. The minimum atomic E-state index is -0.335. The molecule has 0 saturated carbocycles. The van der Waals surface area contributed by atoms with Crippen LogP contribution in [0.4, 0.5) is 0 Å². The van der Waals surface area contributed by atoms with Gasteiger partial charge in [-0.2, -0.15) is 0 Å². The van der Waals surface area contributed by atoms with Crippen molar-refractivity contribution in [1.82, 2.24) is 5.32 Å². The third-order valence-electron chi connectivity index (χ3n) is 3.51. The second kappa shape index (κ2) is 10.1. The van der Waals surface area contributed by atoms with Crippen LogP contribution in [0, 0.1) is 5.92 Å².